The van der Waals surface area contributed by atoms with E-state index in [1.807, 2.05) is 0 Å². The van der Waals surface area contributed by atoms with Crippen LogP contribution in [0.1, 0.15) is 32.1 Å². The number of nitrogens with zero attached hydrogens (tertiary/aromatic N) is 3. The standard InChI is InChI=1S/C14H17BrClN5O/c15-9-6-8(16)7-10(11(9)22)21-13(18)19-12(17)20-14(21)4-2-1-3-5-14/h6-7,22H,1-5H2,(H4,17,18,19,20). The van der Waals surface area contributed by atoms with Crippen LogP contribution in [-0.4, -0.2) is 22.7 Å². The van der Waals surface area contributed by atoms with Crippen LogP contribution in [0.2, 0.25) is 5.02 Å². The fourth-order valence-electron chi connectivity index (χ4n) is 3.19. The smallest absolute Gasteiger partial charge is 0.220 e. The molecule has 5 N–H and O–H groups in total. The molecular formula is C14H17BrClN5O. The van der Waals surface area contributed by atoms with Crippen molar-refractivity contribution in [1.82, 2.24) is 0 Å². The highest BCUT2D eigenvalue weighted by Gasteiger charge is 2.43. The van der Waals surface area contributed by atoms with Gasteiger partial charge in [-0.05, 0) is 53.7 Å². The highest BCUT2D eigenvalue weighted by atomic mass is 79.9. The molecule has 1 spiro atoms. The van der Waals surface area contributed by atoms with Gasteiger partial charge in [0.15, 0.2) is 5.75 Å². The van der Waals surface area contributed by atoms with E-state index in [0.29, 0.717) is 15.2 Å². The van der Waals surface area contributed by atoms with Gasteiger partial charge in [0.05, 0.1) is 10.2 Å². The molecule has 8 heteroatoms. The second-order valence-corrected chi connectivity index (χ2v) is 6.86. The number of halogens is 2. The van der Waals surface area contributed by atoms with Gasteiger partial charge in [0.2, 0.25) is 11.9 Å². The van der Waals surface area contributed by atoms with Crippen molar-refractivity contribution in [2.45, 2.75) is 37.8 Å². The van der Waals surface area contributed by atoms with Gasteiger partial charge in [-0.3, -0.25) is 4.90 Å². The minimum atomic E-state index is -0.601. The predicted molar refractivity (Wildman–Crippen MR) is 92.4 cm³/mol. The van der Waals surface area contributed by atoms with Gasteiger partial charge in [-0.1, -0.05) is 18.0 Å². The summed E-state index contributed by atoms with van der Waals surface area (Å²) in [6.07, 6.45) is 4.78. The zero-order valence-corrected chi connectivity index (χ0v) is 14.2. The minimum Gasteiger partial charge on any atom is -0.505 e. The molecule has 1 aliphatic heterocycles. The van der Waals surface area contributed by atoms with Gasteiger partial charge in [0, 0.05) is 5.02 Å². The molecule has 3 rings (SSSR count). The molecule has 1 fully saturated rings. The molecule has 0 atom stereocenters. The van der Waals surface area contributed by atoms with E-state index < -0.39 is 5.66 Å². The highest BCUT2D eigenvalue weighted by molar-refractivity contribution is 9.10. The Morgan fingerprint density at radius 1 is 1.23 bits per heavy atom. The van der Waals surface area contributed by atoms with Crippen molar-refractivity contribution in [3.8, 4) is 5.75 Å². The predicted octanol–water partition coefficient (Wildman–Crippen LogP) is 2.92. The quantitative estimate of drug-likeness (QED) is 0.691. The van der Waals surface area contributed by atoms with Crippen LogP contribution in [0.25, 0.3) is 0 Å². The molecule has 1 heterocycles. The maximum absolute atomic E-state index is 10.4. The average Bonchev–Trinajstić information content (AvgIpc) is 2.44. The Labute approximate surface area is 142 Å². The van der Waals surface area contributed by atoms with E-state index in [-0.39, 0.29) is 17.7 Å². The molecule has 22 heavy (non-hydrogen) atoms. The van der Waals surface area contributed by atoms with Crippen LogP contribution in [0.15, 0.2) is 26.6 Å². The fourth-order valence-corrected chi connectivity index (χ4v) is 3.99. The van der Waals surface area contributed by atoms with Gasteiger partial charge in [0.25, 0.3) is 0 Å². The van der Waals surface area contributed by atoms with Crippen LogP contribution in [0.5, 0.6) is 5.75 Å². The van der Waals surface area contributed by atoms with E-state index in [4.69, 9.17) is 23.1 Å². The van der Waals surface area contributed by atoms with Crippen LogP contribution in [-0.2, 0) is 0 Å². The van der Waals surface area contributed by atoms with E-state index in [2.05, 4.69) is 25.9 Å². The van der Waals surface area contributed by atoms with Crippen molar-refractivity contribution in [1.29, 1.82) is 0 Å². The normalized spacial score (nSPS) is 20.7. The third-order valence-corrected chi connectivity index (χ3v) is 4.92. The molecule has 0 bridgehead atoms. The van der Waals surface area contributed by atoms with Gasteiger partial charge in [-0.25, -0.2) is 4.99 Å². The highest BCUT2D eigenvalue weighted by Crippen LogP contribution is 2.45. The molecule has 118 valence electrons. The first-order valence-electron chi connectivity index (χ1n) is 7.11. The summed E-state index contributed by atoms with van der Waals surface area (Å²) >= 11 is 9.44. The summed E-state index contributed by atoms with van der Waals surface area (Å²) in [7, 11) is 0. The Kier molecular flexibility index (Phi) is 3.94. The lowest BCUT2D eigenvalue weighted by molar-refractivity contribution is 0.303. The van der Waals surface area contributed by atoms with Gasteiger partial charge < -0.3 is 16.6 Å². The summed E-state index contributed by atoms with van der Waals surface area (Å²) in [6, 6.07) is 3.29. The van der Waals surface area contributed by atoms with Gasteiger partial charge >= 0.3 is 0 Å². The zero-order chi connectivity index (χ0) is 15.9. The summed E-state index contributed by atoms with van der Waals surface area (Å²) in [4.78, 5) is 10.4. The second-order valence-electron chi connectivity index (χ2n) is 5.57. The van der Waals surface area contributed by atoms with Crippen LogP contribution in [0, 0.1) is 0 Å². The molecule has 0 saturated heterocycles. The van der Waals surface area contributed by atoms with E-state index in [0.717, 1.165) is 32.1 Å². The molecule has 1 saturated carbocycles. The Bertz CT molecular complexity index is 669. The van der Waals surface area contributed by atoms with Crippen molar-refractivity contribution >= 4 is 45.1 Å². The van der Waals surface area contributed by atoms with Gasteiger partial charge in [-0.15, -0.1) is 0 Å². The summed E-state index contributed by atoms with van der Waals surface area (Å²) in [5.74, 6) is 0.457. The monoisotopic (exact) mass is 385 g/mol. The number of aromatic hydroxyl groups is 1. The van der Waals surface area contributed by atoms with E-state index in [1.54, 1.807) is 17.0 Å². The molecule has 0 unspecified atom stereocenters. The van der Waals surface area contributed by atoms with Crippen LogP contribution in [0.4, 0.5) is 5.69 Å². The van der Waals surface area contributed by atoms with E-state index in [9.17, 15) is 5.11 Å². The first-order chi connectivity index (χ1) is 10.4. The Balaban J connectivity index is 2.16. The largest absolute Gasteiger partial charge is 0.505 e. The molecule has 2 aliphatic rings. The number of phenolic OH excluding ortho intramolecular Hbond substituents is 1. The lowest BCUT2D eigenvalue weighted by atomic mass is 9.87. The lowest BCUT2D eigenvalue weighted by Gasteiger charge is -2.45. The second kappa shape index (κ2) is 5.62. The number of guanidine groups is 2. The van der Waals surface area contributed by atoms with Crippen molar-refractivity contribution in [2.24, 2.45) is 21.5 Å². The maximum atomic E-state index is 10.4. The third-order valence-electron chi connectivity index (χ3n) is 4.10. The Morgan fingerprint density at radius 3 is 2.59 bits per heavy atom. The van der Waals surface area contributed by atoms with Gasteiger partial charge in [-0.2, -0.15) is 4.99 Å². The number of hydrogen-bond donors (Lipinski definition) is 3. The van der Waals surface area contributed by atoms with Crippen molar-refractivity contribution in [3.05, 3.63) is 21.6 Å². The molecule has 1 aromatic rings. The zero-order valence-electron chi connectivity index (χ0n) is 11.9. The first-order valence-corrected chi connectivity index (χ1v) is 8.28. The minimum absolute atomic E-state index is 0.0585. The number of phenols is 1. The number of aliphatic imine (C=N–C) groups is 2. The first kappa shape index (κ1) is 15.4. The molecule has 6 nitrogen and oxygen atoms in total. The molecule has 0 amide bonds. The van der Waals surface area contributed by atoms with Crippen molar-refractivity contribution < 1.29 is 5.11 Å². The van der Waals surface area contributed by atoms with Crippen LogP contribution >= 0.6 is 27.5 Å². The molecule has 1 aromatic carbocycles. The van der Waals surface area contributed by atoms with E-state index in [1.165, 1.54) is 0 Å². The topological polar surface area (TPSA) is 100 Å². The number of rotatable bonds is 1. The lowest BCUT2D eigenvalue weighted by Crippen LogP contribution is -2.58. The Morgan fingerprint density at radius 2 is 1.91 bits per heavy atom. The number of hydrogen-bond acceptors (Lipinski definition) is 6. The summed E-state index contributed by atoms with van der Waals surface area (Å²) < 4.78 is 0.497. The number of anilines is 1. The molecule has 0 aromatic heterocycles. The summed E-state index contributed by atoms with van der Waals surface area (Å²) in [5, 5.41) is 10.9. The molecule has 0 radical (unpaired) electrons. The molecule has 1 aliphatic carbocycles. The fraction of sp³-hybridized carbons (Fsp3) is 0.429. The maximum Gasteiger partial charge on any atom is 0.220 e. The van der Waals surface area contributed by atoms with Crippen molar-refractivity contribution in [3.63, 3.8) is 0 Å². The Hall–Kier alpha value is -1.47. The van der Waals surface area contributed by atoms with Gasteiger partial charge in [0.1, 0.15) is 5.66 Å². The SMILES string of the molecule is NC1=NC2(CCCCC2)N(c2cc(Cl)cc(Br)c2O)C(N)=N1. The third kappa shape index (κ3) is 2.52. The van der Waals surface area contributed by atoms with Crippen LogP contribution < -0.4 is 16.4 Å². The average molecular weight is 387 g/mol. The number of benzene rings is 1. The molecular weight excluding hydrogens is 370 g/mol. The van der Waals surface area contributed by atoms with Crippen molar-refractivity contribution in [2.75, 3.05) is 4.90 Å². The number of nitrogens with two attached hydrogens (primary N) is 2. The van der Waals surface area contributed by atoms with Crippen LogP contribution in [0.3, 0.4) is 0 Å². The summed E-state index contributed by atoms with van der Waals surface area (Å²) in [5.41, 5.74) is 11.8. The summed E-state index contributed by atoms with van der Waals surface area (Å²) in [6.45, 7) is 0. The van der Waals surface area contributed by atoms with E-state index >= 15 is 0 Å².